The maximum atomic E-state index is 12.0. The number of ether oxygens (including phenoxy) is 3. The Morgan fingerprint density at radius 3 is 1.32 bits per heavy atom. The number of fused-ring (bicyclic) bond motifs is 3. The van der Waals surface area contributed by atoms with E-state index >= 15 is 0 Å². The number of Topliss-reactive ketones (excluding diaryl/α,β-unsaturated/α-hetero) is 3. The van der Waals surface area contributed by atoms with Crippen LogP contribution in [0.5, 0.6) is 0 Å². The first kappa shape index (κ1) is 63.6. The number of nitrogens with zero attached hydrogens (tertiary/aromatic N) is 1. The van der Waals surface area contributed by atoms with E-state index in [1.165, 1.54) is 22.3 Å². The van der Waals surface area contributed by atoms with Gasteiger partial charge in [-0.25, -0.2) is 0 Å². The van der Waals surface area contributed by atoms with Crippen LogP contribution in [0, 0.1) is 21.7 Å². The van der Waals surface area contributed by atoms with Gasteiger partial charge in [0.25, 0.3) is 0 Å². The highest BCUT2D eigenvalue weighted by atomic mass is 16.5. The lowest BCUT2D eigenvalue weighted by Crippen LogP contribution is -2.39. The third-order valence-electron chi connectivity index (χ3n) is 9.90. The molecule has 9 heteroatoms. The number of hydrogen-bond acceptors (Lipinski definition) is 8. The molecule has 0 aliphatic heterocycles. The van der Waals surface area contributed by atoms with Crippen molar-refractivity contribution in [2.24, 2.45) is 21.7 Å². The van der Waals surface area contributed by atoms with Crippen molar-refractivity contribution in [2.45, 2.75) is 163 Å². The minimum atomic E-state index is -0.461. The van der Waals surface area contributed by atoms with E-state index in [0.717, 1.165) is 23.2 Å². The average Bonchev–Trinajstić information content (AvgIpc) is 3.48. The second kappa shape index (κ2) is 28.0. The topological polar surface area (TPSA) is 113 Å². The van der Waals surface area contributed by atoms with Crippen molar-refractivity contribution in [2.75, 3.05) is 40.9 Å². The zero-order chi connectivity index (χ0) is 50.6. The van der Waals surface area contributed by atoms with Crippen LogP contribution in [0.15, 0.2) is 78.9 Å². The normalized spacial score (nSPS) is 12.2. The Morgan fingerprint density at radius 2 is 0.955 bits per heavy atom. The predicted octanol–water partition coefficient (Wildman–Crippen LogP) is 13.3. The average molecular weight is 919 g/mol. The molecule has 3 aromatic carbocycles. The summed E-state index contributed by atoms with van der Waals surface area (Å²) >= 11 is 0. The lowest BCUT2D eigenvalue weighted by Gasteiger charge is -2.26. The molecule has 0 fully saturated rings. The third-order valence-corrected chi connectivity index (χ3v) is 9.90. The van der Waals surface area contributed by atoms with E-state index in [-0.39, 0.29) is 59.1 Å². The smallest absolute Gasteiger partial charge is 0.311 e. The summed E-state index contributed by atoms with van der Waals surface area (Å²) in [5.41, 5.74) is 4.76. The van der Waals surface area contributed by atoms with Crippen LogP contribution < -0.4 is 0 Å². The highest BCUT2D eigenvalue weighted by Gasteiger charge is 2.31. The van der Waals surface area contributed by atoms with Gasteiger partial charge in [-0.3, -0.25) is 19.2 Å². The third kappa shape index (κ3) is 27.9. The predicted molar refractivity (Wildman–Crippen MR) is 274 cm³/mol. The second-order valence-electron chi connectivity index (χ2n) is 22.9. The highest BCUT2D eigenvalue weighted by molar-refractivity contribution is 5.84. The van der Waals surface area contributed by atoms with Crippen LogP contribution in [0.3, 0.4) is 0 Å². The molecule has 9 nitrogen and oxygen atoms in total. The van der Waals surface area contributed by atoms with E-state index in [2.05, 4.69) is 78.3 Å². The van der Waals surface area contributed by atoms with E-state index in [0.29, 0.717) is 32.5 Å². The Morgan fingerprint density at radius 1 is 0.545 bits per heavy atom. The van der Waals surface area contributed by atoms with Gasteiger partial charge >= 0.3 is 11.9 Å². The summed E-state index contributed by atoms with van der Waals surface area (Å²) in [6.07, 6.45) is 1.76. The van der Waals surface area contributed by atoms with Crippen molar-refractivity contribution in [3.63, 3.8) is 0 Å². The quantitative estimate of drug-likeness (QED) is 0.138. The largest absolute Gasteiger partial charge is 0.464 e. The molecule has 0 aromatic heterocycles. The van der Waals surface area contributed by atoms with Crippen molar-refractivity contribution >= 4 is 29.3 Å². The van der Waals surface area contributed by atoms with Gasteiger partial charge in [-0.15, -0.1) is 0 Å². The second-order valence-corrected chi connectivity index (χ2v) is 22.9. The molecular weight excluding hydrogens is 827 g/mol. The van der Waals surface area contributed by atoms with Gasteiger partial charge in [0.05, 0.1) is 44.2 Å². The summed E-state index contributed by atoms with van der Waals surface area (Å²) in [6.45, 7) is 34.7. The van der Waals surface area contributed by atoms with Crippen molar-refractivity contribution in [1.82, 2.24) is 0 Å². The Labute approximate surface area is 402 Å². The zero-order valence-corrected chi connectivity index (χ0v) is 44.2. The van der Waals surface area contributed by atoms with Gasteiger partial charge < -0.3 is 23.5 Å². The van der Waals surface area contributed by atoms with Gasteiger partial charge in [-0.05, 0) is 110 Å². The number of benzene rings is 3. The molecule has 0 N–H and O–H groups in total. The number of carbonyl (C=O) groups excluding carboxylic acids is 5. The first-order chi connectivity index (χ1) is 29.5. The van der Waals surface area contributed by atoms with Crippen LogP contribution in [0.2, 0.25) is 0 Å². The summed E-state index contributed by atoms with van der Waals surface area (Å²) in [5.74, 6) is 0.474. The molecule has 0 saturated heterocycles. The van der Waals surface area contributed by atoms with Crippen LogP contribution in [-0.4, -0.2) is 80.3 Å². The van der Waals surface area contributed by atoms with E-state index < -0.39 is 10.8 Å². The first-order valence-electron chi connectivity index (χ1n) is 23.0. The van der Waals surface area contributed by atoms with Crippen molar-refractivity contribution in [3.8, 4) is 11.1 Å². The molecule has 0 heterocycles. The van der Waals surface area contributed by atoms with Crippen LogP contribution >= 0.6 is 0 Å². The SMILES string of the molecule is C.CC(=O)C(C)(C)C.CC(=O)CCCC(=O)C(C)(C)C.CC(C)(C)C(=O)OCC1c2ccccc2-c2ccccc21.CC(C)(C)C(=O)OCc1ccccc1.CC(C)(C)OCC[N+](C)(C)C. The van der Waals surface area contributed by atoms with Crippen molar-refractivity contribution in [3.05, 3.63) is 95.6 Å². The number of esters is 2. The molecule has 0 radical (unpaired) electrons. The van der Waals surface area contributed by atoms with E-state index in [1.807, 2.05) is 126 Å². The van der Waals surface area contributed by atoms with Crippen LogP contribution in [0.4, 0.5) is 0 Å². The number of hydrogen-bond donors (Lipinski definition) is 0. The highest BCUT2D eigenvalue weighted by Crippen LogP contribution is 2.44. The molecule has 1 aliphatic rings. The molecule has 0 bridgehead atoms. The van der Waals surface area contributed by atoms with Gasteiger partial charge in [0.15, 0.2) is 0 Å². The van der Waals surface area contributed by atoms with E-state index in [1.54, 1.807) is 13.8 Å². The van der Waals surface area contributed by atoms with Gasteiger partial charge in [0, 0.05) is 29.6 Å². The molecule has 4 rings (SSSR count). The Kier molecular flexibility index (Phi) is 27.0. The zero-order valence-electron chi connectivity index (χ0n) is 44.2. The molecule has 66 heavy (non-hydrogen) atoms. The van der Waals surface area contributed by atoms with Gasteiger partial charge in [-0.2, -0.15) is 0 Å². The minimum absolute atomic E-state index is 0. The van der Waals surface area contributed by atoms with Crippen molar-refractivity contribution in [1.29, 1.82) is 0 Å². The summed E-state index contributed by atoms with van der Waals surface area (Å²) in [5, 5.41) is 0. The van der Waals surface area contributed by atoms with E-state index in [4.69, 9.17) is 14.2 Å². The molecule has 0 atom stereocenters. The number of likely N-dealkylation sites (N-methyl/N-ethyl adjacent to an activating group) is 1. The van der Waals surface area contributed by atoms with Crippen LogP contribution in [0.25, 0.3) is 11.1 Å². The molecule has 1 aliphatic carbocycles. The first-order valence-corrected chi connectivity index (χ1v) is 23.0. The Bertz CT molecular complexity index is 1860. The summed E-state index contributed by atoms with van der Waals surface area (Å²) in [4.78, 5) is 55.8. The fourth-order valence-electron chi connectivity index (χ4n) is 5.25. The molecule has 0 unspecified atom stereocenters. The molecular formula is C57H92NO8+. The monoisotopic (exact) mass is 919 g/mol. The summed E-state index contributed by atoms with van der Waals surface area (Å²) in [7, 11) is 6.52. The molecule has 0 spiro atoms. The maximum Gasteiger partial charge on any atom is 0.311 e. The van der Waals surface area contributed by atoms with E-state index in [9.17, 15) is 24.0 Å². The molecule has 372 valence electrons. The maximum absolute atomic E-state index is 12.0. The lowest BCUT2D eigenvalue weighted by molar-refractivity contribution is -0.871. The lowest BCUT2D eigenvalue weighted by atomic mass is 9.88. The number of rotatable bonds is 11. The number of ketones is 3. The minimum Gasteiger partial charge on any atom is -0.464 e. The fourth-order valence-corrected chi connectivity index (χ4v) is 5.25. The molecule has 0 saturated carbocycles. The molecule has 0 amide bonds. The Hall–Kier alpha value is -4.47. The summed E-state index contributed by atoms with van der Waals surface area (Å²) < 4.78 is 17.3. The van der Waals surface area contributed by atoms with Gasteiger partial charge in [-0.1, -0.05) is 128 Å². The van der Waals surface area contributed by atoms with Gasteiger partial charge in [0.1, 0.15) is 37.1 Å². The van der Waals surface area contributed by atoms with Crippen LogP contribution in [0.1, 0.15) is 167 Å². The summed E-state index contributed by atoms with van der Waals surface area (Å²) in [6, 6.07) is 26.4. The number of quaternary nitrogens is 1. The Balaban J connectivity index is 0. The standard InChI is InChI=1S/C19H20O2.C12H16O2.C10H18O2.C9H22NO.C6H12O.CH4/c1-19(2,3)18(20)21-12-17-15-10-6-4-8-13(15)14-9-5-7-11-16(14)17;1-12(2,3)11(13)14-9-10-7-5-4-6-8-10;1-8(11)6-5-7-9(12)10(2,3)4;1-9(2,3)11-8-7-10(4,5)6;1-5(7)6(2,3)4;/h4-11,17H,12H2,1-3H3;4-8H,9H2,1-3H3;5-7H2,1-4H3;7-8H2,1-6H3;1-4H3;1H4/q;;;+1;;. The number of carbonyl (C=O) groups is 5. The van der Waals surface area contributed by atoms with Gasteiger partial charge in [0.2, 0.25) is 0 Å². The fraction of sp³-hybridized carbons (Fsp3) is 0.596. The van der Waals surface area contributed by atoms with Crippen LogP contribution in [-0.2, 0) is 44.8 Å². The molecule has 3 aromatic rings. The van der Waals surface area contributed by atoms with Crippen molar-refractivity contribution < 1.29 is 42.7 Å².